The molecule has 6 heteroatoms. The third-order valence-corrected chi connectivity index (χ3v) is 6.00. The van der Waals surface area contributed by atoms with Crippen LogP contribution in [-0.2, 0) is 14.6 Å². The third-order valence-electron chi connectivity index (χ3n) is 4.23. The number of carbonyl (C=O) groups is 1. The van der Waals surface area contributed by atoms with E-state index < -0.39 is 9.84 Å². The topological polar surface area (TPSA) is 80.5 Å². The summed E-state index contributed by atoms with van der Waals surface area (Å²) in [7, 11) is -2.99. The Kier molecular flexibility index (Phi) is 4.84. The first-order valence-corrected chi connectivity index (χ1v) is 9.06. The van der Waals surface area contributed by atoms with Crippen LogP contribution in [0.5, 0.6) is 0 Å². The highest BCUT2D eigenvalue weighted by atomic mass is 32.2. The molecule has 0 aromatic rings. The second-order valence-corrected chi connectivity index (χ2v) is 7.94. The molecule has 1 heterocycles. The van der Waals surface area contributed by atoms with Gasteiger partial charge in [0, 0.05) is 12.6 Å². The predicted octanol–water partition coefficient (Wildman–Crippen LogP) is 0.541. The zero-order chi connectivity index (χ0) is 13.9. The normalized spacial score (nSPS) is 26.7. The molecule has 2 fully saturated rings. The van der Waals surface area contributed by atoms with Crippen LogP contribution >= 0.6 is 0 Å². The van der Waals surface area contributed by atoms with Gasteiger partial charge in [-0.2, -0.15) is 0 Å². The molecule has 5 nitrogen and oxygen atoms in total. The molecular formula is C13H24N2O3S. The lowest BCUT2D eigenvalue weighted by Crippen LogP contribution is -2.43. The Balaban J connectivity index is 2.02. The number of hydrogen-bond donors (Lipinski definition) is 1. The van der Waals surface area contributed by atoms with Gasteiger partial charge in [-0.3, -0.25) is 4.79 Å². The Labute approximate surface area is 115 Å². The van der Waals surface area contributed by atoms with E-state index in [2.05, 4.69) is 0 Å². The van der Waals surface area contributed by atoms with E-state index in [-0.39, 0.29) is 23.3 Å². The molecule has 2 N–H and O–H groups in total. The lowest BCUT2D eigenvalue weighted by molar-refractivity contribution is -0.137. The predicted molar refractivity (Wildman–Crippen MR) is 74.4 cm³/mol. The molecule has 110 valence electrons. The van der Waals surface area contributed by atoms with Crippen LogP contribution in [0.4, 0.5) is 0 Å². The molecule has 0 aromatic carbocycles. The van der Waals surface area contributed by atoms with Crippen LogP contribution in [0.15, 0.2) is 0 Å². The summed E-state index contributed by atoms with van der Waals surface area (Å²) < 4.78 is 23.0. The summed E-state index contributed by atoms with van der Waals surface area (Å²) in [6.07, 6.45) is 5.72. The first-order valence-electron chi connectivity index (χ1n) is 7.24. The molecule has 1 unspecified atom stereocenters. The molecule has 1 saturated carbocycles. The summed E-state index contributed by atoms with van der Waals surface area (Å²) in [6, 6.07) is 0.308. The largest absolute Gasteiger partial charge is 0.339 e. The quantitative estimate of drug-likeness (QED) is 0.800. The van der Waals surface area contributed by atoms with Gasteiger partial charge < -0.3 is 10.6 Å². The molecule has 1 atom stereocenters. The number of carbonyl (C=O) groups excluding carboxylic acids is 1. The first kappa shape index (κ1) is 14.8. The number of nitrogens with zero attached hydrogens (tertiary/aromatic N) is 1. The summed E-state index contributed by atoms with van der Waals surface area (Å²) in [5.41, 5.74) is 5.54. The molecule has 0 radical (unpaired) electrons. The molecule has 2 aliphatic rings. The SMILES string of the molecule is NCCCN(C(=O)C1CCS(=O)(=O)C1)C1CCCC1. The summed E-state index contributed by atoms with van der Waals surface area (Å²) in [5.74, 6) is -0.0685. The number of rotatable bonds is 5. The van der Waals surface area contributed by atoms with Crippen molar-refractivity contribution in [1.29, 1.82) is 0 Å². The lowest BCUT2D eigenvalue weighted by Gasteiger charge is -2.31. The van der Waals surface area contributed by atoms with E-state index in [1.807, 2.05) is 4.90 Å². The lowest BCUT2D eigenvalue weighted by atomic mass is 10.1. The van der Waals surface area contributed by atoms with Gasteiger partial charge in [-0.15, -0.1) is 0 Å². The smallest absolute Gasteiger partial charge is 0.226 e. The Morgan fingerprint density at radius 3 is 2.42 bits per heavy atom. The molecule has 1 aliphatic heterocycles. The van der Waals surface area contributed by atoms with E-state index in [0.29, 0.717) is 25.6 Å². The average Bonchev–Trinajstić information content (AvgIpc) is 2.99. The second-order valence-electron chi connectivity index (χ2n) is 5.71. The number of amides is 1. The van der Waals surface area contributed by atoms with Crippen molar-refractivity contribution in [1.82, 2.24) is 4.90 Å². The van der Waals surface area contributed by atoms with Gasteiger partial charge in [-0.1, -0.05) is 12.8 Å². The van der Waals surface area contributed by atoms with E-state index in [1.165, 1.54) is 12.8 Å². The van der Waals surface area contributed by atoms with Crippen LogP contribution in [0.2, 0.25) is 0 Å². The number of sulfone groups is 1. The van der Waals surface area contributed by atoms with Crippen molar-refractivity contribution < 1.29 is 13.2 Å². The van der Waals surface area contributed by atoms with Crippen LogP contribution in [0.1, 0.15) is 38.5 Å². The van der Waals surface area contributed by atoms with Crippen LogP contribution in [-0.4, -0.2) is 49.9 Å². The molecule has 0 spiro atoms. The summed E-state index contributed by atoms with van der Waals surface area (Å²) in [5, 5.41) is 0. The van der Waals surface area contributed by atoms with E-state index in [9.17, 15) is 13.2 Å². The van der Waals surface area contributed by atoms with Gasteiger partial charge in [-0.05, 0) is 32.2 Å². The first-order chi connectivity index (χ1) is 9.03. The zero-order valence-electron chi connectivity index (χ0n) is 11.4. The standard InChI is InChI=1S/C13H24N2O3S/c14-7-3-8-15(12-4-1-2-5-12)13(16)11-6-9-19(17,18)10-11/h11-12H,1-10,14H2. The second kappa shape index (κ2) is 6.22. The van der Waals surface area contributed by atoms with Gasteiger partial charge in [0.05, 0.1) is 17.4 Å². The van der Waals surface area contributed by atoms with Crippen molar-refractivity contribution in [3.05, 3.63) is 0 Å². The van der Waals surface area contributed by atoms with Crippen molar-refractivity contribution in [3.63, 3.8) is 0 Å². The molecule has 1 aliphatic carbocycles. The van der Waals surface area contributed by atoms with E-state index in [1.54, 1.807) is 0 Å². The maximum absolute atomic E-state index is 12.5. The molecule has 19 heavy (non-hydrogen) atoms. The molecule has 1 saturated heterocycles. The van der Waals surface area contributed by atoms with Gasteiger partial charge >= 0.3 is 0 Å². The summed E-state index contributed by atoms with van der Waals surface area (Å²) in [4.78, 5) is 14.5. The minimum Gasteiger partial charge on any atom is -0.339 e. The molecule has 2 rings (SSSR count). The van der Waals surface area contributed by atoms with Crippen molar-refractivity contribution in [2.24, 2.45) is 11.7 Å². The fraction of sp³-hybridized carbons (Fsp3) is 0.923. The molecule has 0 aromatic heterocycles. The Morgan fingerprint density at radius 1 is 1.21 bits per heavy atom. The Morgan fingerprint density at radius 2 is 1.89 bits per heavy atom. The maximum atomic E-state index is 12.5. The number of hydrogen-bond acceptors (Lipinski definition) is 4. The van der Waals surface area contributed by atoms with Gasteiger partial charge in [0.25, 0.3) is 0 Å². The molecule has 0 bridgehead atoms. The Bertz CT molecular complexity index is 416. The van der Waals surface area contributed by atoms with Crippen LogP contribution in [0.3, 0.4) is 0 Å². The molecule has 1 amide bonds. The Hall–Kier alpha value is -0.620. The van der Waals surface area contributed by atoms with Crippen molar-refractivity contribution in [2.45, 2.75) is 44.6 Å². The molecular weight excluding hydrogens is 264 g/mol. The van der Waals surface area contributed by atoms with Gasteiger partial charge in [-0.25, -0.2) is 8.42 Å². The highest BCUT2D eigenvalue weighted by Crippen LogP contribution is 2.28. The van der Waals surface area contributed by atoms with Gasteiger partial charge in [0.15, 0.2) is 9.84 Å². The summed E-state index contributed by atoms with van der Waals surface area (Å²) >= 11 is 0. The van der Waals surface area contributed by atoms with Crippen molar-refractivity contribution in [2.75, 3.05) is 24.6 Å². The fourth-order valence-corrected chi connectivity index (χ4v) is 4.91. The van der Waals surface area contributed by atoms with E-state index in [0.717, 1.165) is 19.3 Å². The van der Waals surface area contributed by atoms with Crippen LogP contribution in [0.25, 0.3) is 0 Å². The van der Waals surface area contributed by atoms with Crippen molar-refractivity contribution in [3.8, 4) is 0 Å². The van der Waals surface area contributed by atoms with Crippen LogP contribution in [0, 0.1) is 5.92 Å². The van der Waals surface area contributed by atoms with Gasteiger partial charge in [0.1, 0.15) is 0 Å². The maximum Gasteiger partial charge on any atom is 0.226 e. The van der Waals surface area contributed by atoms with E-state index >= 15 is 0 Å². The third kappa shape index (κ3) is 3.69. The minimum absolute atomic E-state index is 0.0394. The van der Waals surface area contributed by atoms with Gasteiger partial charge in [0.2, 0.25) is 5.91 Å². The minimum atomic E-state index is -2.99. The highest BCUT2D eigenvalue weighted by Gasteiger charge is 2.37. The van der Waals surface area contributed by atoms with Crippen LogP contribution < -0.4 is 5.73 Å². The monoisotopic (exact) mass is 288 g/mol. The van der Waals surface area contributed by atoms with Crippen molar-refractivity contribution >= 4 is 15.7 Å². The fourth-order valence-electron chi connectivity index (χ4n) is 3.17. The summed E-state index contributed by atoms with van der Waals surface area (Å²) in [6.45, 7) is 1.25. The highest BCUT2D eigenvalue weighted by molar-refractivity contribution is 7.91. The zero-order valence-corrected chi connectivity index (χ0v) is 12.2. The average molecular weight is 288 g/mol. The number of nitrogens with two attached hydrogens (primary N) is 1. The van der Waals surface area contributed by atoms with E-state index in [4.69, 9.17) is 5.73 Å².